The van der Waals surface area contributed by atoms with Crippen LogP contribution in [0.2, 0.25) is 0 Å². The van der Waals surface area contributed by atoms with Crippen LogP contribution in [0.1, 0.15) is 54.9 Å². The predicted molar refractivity (Wildman–Crippen MR) is 140 cm³/mol. The average Bonchev–Trinajstić information content (AvgIpc) is 2.77. The Balaban J connectivity index is 1.57. The number of benzene rings is 2. The first-order chi connectivity index (χ1) is 16.2. The highest BCUT2D eigenvalue weighted by Gasteiger charge is 2.42. The fourth-order valence-electron chi connectivity index (χ4n) is 4.79. The van der Waals surface area contributed by atoms with Crippen molar-refractivity contribution in [2.75, 3.05) is 5.32 Å². The Morgan fingerprint density at radius 2 is 1.76 bits per heavy atom. The molecule has 0 spiro atoms. The smallest absolute Gasteiger partial charge is 0.257 e. The average molecular weight is 536 g/mol. The van der Waals surface area contributed by atoms with Gasteiger partial charge in [0.2, 0.25) is 0 Å². The molecule has 0 bridgehead atoms. The number of Topliss-reactive ketones (excluding diaryl/α,β-unsaturated/α-hetero) is 1. The Labute approximate surface area is 211 Å². The molecular weight excluding hydrogens is 510 g/mol. The topological polar surface area (TPSA) is 74.8 Å². The molecule has 2 aliphatic rings. The second-order valence-corrected chi connectivity index (χ2v) is 11.7. The normalized spacial score (nSPS) is 18.8. The van der Waals surface area contributed by atoms with Crippen LogP contribution in [0, 0.1) is 12.3 Å². The van der Waals surface area contributed by atoms with Gasteiger partial charge in [0.15, 0.2) is 10.9 Å². The van der Waals surface area contributed by atoms with Crippen molar-refractivity contribution in [2.45, 2.75) is 50.4 Å². The first-order valence-electron chi connectivity index (χ1n) is 11.3. The van der Waals surface area contributed by atoms with E-state index in [9.17, 15) is 9.59 Å². The number of nitrogens with one attached hydrogen (secondary N) is 2. The van der Waals surface area contributed by atoms with Crippen LogP contribution < -0.4 is 10.9 Å². The van der Waals surface area contributed by atoms with E-state index in [2.05, 4.69) is 71.3 Å². The molecule has 0 amide bonds. The highest BCUT2D eigenvalue weighted by molar-refractivity contribution is 9.10. The molecule has 5 nitrogen and oxygen atoms in total. The van der Waals surface area contributed by atoms with Crippen LogP contribution in [0.3, 0.4) is 0 Å². The summed E-state index contributed by atoms with van der Waals surface area (Å²) in [4.78, 5) is 34.5. The van der Waals surface area contributed by atoms with Crippen LogP contribution >= 0.6 is 27.7 Å². The van der Waals surface area contributed by atoms with Crippen molar-refractivity contribution in [3.05, 3.63) is 96.9 Å². The third kappa shape index (κ3) is 4.51. The van der Waals surface area contributed by atoms with Gasteiger partial charge in [0.1, 0.15) is 5.82 Å². The SMILES string of the molecule is Cc1ccc(CSc2nc3c(c(=O)[nH]2)C(c2ccc(Br)cc2)C2=C(CC(C)(C)CC2=O)N3)cc1. The Morgan fingerprint density at radius 3 is 2.47 bits per heavy atom. The molecule has 174 valence electrons. The maximum Gasteiger partial charge on any atom is 0.257 e. The van der Waals surface area contributed by atoms with E-state index in [-0.39, 0.29) is 16.8 Å². The van der Waals surface area contributed by atoms with E-state index in [1.165, 1.54) is 22.9 Å². The third-order valence-electron chi connectivity index (χ3n) is 6.40. The molecule has 0 saturated heterocycles. The molecule has 1 atom stereocenters. The zero-order chi connectivity index (χ0) is 24.0. The van der Waals surface area contributed by atoms with Crippen LogP contribution in [0.15, 0.2) is 74.2 Å². The first kappa shape index (κ1) is 23.1. The van der Waals surface area contributed by atoms with Crippen LogP contribution in [0.25, 0.3) is 0 Å². The number of fused-ring (bicyclic) bond motifs is 1. The molecule has 2 heterocycles. The fourth-order valence-corrected chi connectivity index (χ4v) is 5.87. The quantitative estimate of drug-likeness (QED) is 0.301. The van der Waals surface area contributed by atoms with Gasteiger partial charge in [0, 0.05) is 33.8 Å². The lowest BCUT2D eigenvalue weighted by molar-refractivity contribution is -0.118. The van der Waals surface area contributed by atoms with E-state index in [0.29, 0.717) is 34.3 Å². The lowest BCUT2D eigenvalue weighted by atomic mass is 9.69. The number of carbonyl (C=O) groups is 1. The zero-order valence-electron chi connectivity index (χ0n) is 19.4. The number of hydrogen-bond donors (Lipinski definition) is 2. The number of aromatic nitrogens is 2. The van der Waals surface area contributed by atoms with Gasteiger partial charge in [-0.05, 0) is 42.0 Å². The van der Waals surface area contributed by atoms with Gasteiger partial charge in [-0.2, -0.15) is 0 Å². The number of hydrogen-bond acceptors (Lipinski definition) is 5. The Kier molecular flexibility index (Phi) is 6.02. The summed E-state index contributed by atoms with van der Waals surface area (Å²) >= 11 is 4.99. The number of halogens is 1. The first-order valence-corrected chi connectivity index (χ1v) is 13.1. The number of rotatable bonds is 4. The Hall–Kier alpha value is -2.64. The van der Waals surface area contributed by atoms with E-state index in [0.717, 1.165) is 22.2 Å². The van der Waals surface area contributed by atoms with Gasteiger partial charge in [-0.1, -0.05) is 83.5 Å². The summed E-state index contributed by atoms with van der Waals surface area (Å²) in [6.07, 6.45) is 1.20. The molecule has 7 heteroatoms. The zero-order valence-corrected chi connectivity index (χ0v) is 21.8. The standard InChI is InChI=1S/C27H26BrN3O2S/c1-15-4-6-16(7-5-15)14-34-26-30-24-23(25(33)31-26)21(17-8-10-18(28)11-9-17)22-19(29-24)12-27(2,3)13-20(22)32/h4-11,21H,12-14H2,1-3H3,(H2,29,30,31,33). The largest absolute Gasteiger partial charge is 0.343 e. The second kappa shape index (κ2) is 8.86. The molecule has 0 fully saturated rings. The van der Waals surface area contributed by atoms with Gasteiger partial charge < -0.3 is 10.3 Å². The summed E-state index contributed by atoms with van der Waals surface area (Å²) in [5, 5.41) is 3.95. The number of nitrogens with zero attached hydrogens (tertiary/aromatic N) is 1. The van der Waals surface area contributed by atoms with E-state index in [1.807, 2.05) is 24.3 Å². The summed E-state index contributed by atoms with van der Waals surface area (Å²) in [6, 6.07) is 16.2. The van der Waals surface area contributed by atoms with Gasteiger partial charge in [-0.25, -0.2) is 4.98 Å². The molecule has 1 aromatic heterocycles. The van der Waals surface area contributed by atoms with Crippen molar-refractivity contribution < 1.29 is 4.79 Å². The van der Waals surface area contributed by atoms with Crippen LogP contribution in [0.4, 0.5) is 5.82 Å². The van der Waals surface area contributed by atoms with Crippen molar-refractivity contribution in [1.82, 2.24) is 9.97 Å². The highest BCUT2D eigenvalue weighted by Crippen LogP contribution is 2.47. The maximum atomic E-state index is 13.4. The lowest BCUT2D eigenvalue weighted by Crippen LogP contribution is -2.37. The number of carbonyl (C=O) groups excluding carboxylic acids is 1. The molecule has 0 radical (unpaired) electrons. The summed E-state index contributed by atoms with van der Waals surface area (Å²) < 4.78 is 0.950. The van der Waals surface area contributed by atoms with Crippen molar-refractivity contribution >= 4 is 39.3 Å². The molecule has 1 unspecified atom stereocenters. The monoisotopic (exact) mass is 535 g/mol. The fraction of sp³-hybridized carbons (Fsp3) is 0.296. The predicted octanol–water partition coefficient (Wildman–Crippen LogP) is 6.33. The van der Waals surface area contributed by atoms with Gasteiger partial charge in [0.25, 0.3) is 5.56 Å². The van der Waals surface area contributed by atoms with E-state index >= 15 is 0 Å². The molecule has 2 aromatic carbocycles. The number of aromatic amines is 1. The van der Waals surface area contributed by atoms with Gasteiger partial charge in [-0.3, -0.25) is 9.59 Å². The minimum absolute atomic E-state index is 0.0922. The van der Waals surface area contributed by atoms with Crippen molar-refractivity contribution in [3.8, 4) is 0 Å². The Bertz CT molecular complexity index is 1360. The molecule has 34 heavy (non-hydrogen) atoms. The van der Waals surface area contributed by atoms with Crippen molar-refractivity contribution in [3.63, 3.8) is 0 Å². The summed E-state index contributed by atoms with van der Waals surface area (Å²) in [5.74, 6) is 0.912. The highest BCUT2D eigenvalue weighted by atomic mass is 79.9. The minimum Gasteiger partial charge on any atom is -0.343 e. The van der Waals surface area contributed by atoms with Crippen LogP contribution in [-0.4, -0.2) is 15.8 Å². The molecule has 1 aliphatic carbocycles. The lowest BCUT2D eigenvalue weighted by Gasteiger charge is -2.38. The minimum atomic E-state index is -0.435. The number of anilines is 1. The number of ketones is 1. The van der Waals surface area contributed by atoms with E-state index in [1.54, 1.807) is 0 Å². The number of H-pyrrole nitrogens is 1. The van der Waals surface area contributed by atoms with Gasteiger partial charge in [0.05, 0.1) is 5.56 Å². The third-order valence-corrected chi connectivity index (χ3v) is 7.87. The molecule has 2 N–H and O–H groups in total. The van der Waals surface area contributed by atoms with Crippen LogP contribution in [0.5, 0.6) is 0 Å². The van der Waals surface area contributed by atoms with Crippen molar-refractivity contribution in [2.24, 2.45) is 5.41 Å². The van der Waals surface area contributed by atoms with E-state index in [4.69, 9.17) is 4.98 Å². The Morgan fingerprint density at radius 1 is 1.06 bits per heavy atom. The molecule has 5 rings (SSSR count). The molecule has 1 aliphatic heterocycles. The van der Waals surface area contributed by atoms with Crippen molar-refractivity contribution in [1.29, 1.82) is 0 Å². The summed E-state index contributed by atoms with van der Waals surface area (Å²) in [6.45, 7) is 6.27. The summed E-state index contributed by atoms with van der Waals surface area (Å²) in [7, 11) is 0. The van der Waals surface area contributed by atoms with Gasteiger partial charge in [-0.15, -0.1) is 0 Å². The number of allylic oxidation sites excluding steroid dienone is 2. The number of thioether (sulfide) groups is 1. The van der Waals surface area contributed by atoms with Gasteiger partial charge >= 0.3 is 0 Å². The summed E-state index contributed by atoms with van der Waals surface area (Å²) in [5.41, 5.74) is 5.03. The van der Waals surface area contributed by atoms with Crippen LogP contribution in [-0.2, 0) is 10.5 Å². The molecule has 3 aromatic rings. The molecular formula is C27H26BrN3O2S. The maximum absolute atomic E-state index is 13.4. The van der Waals surface area contributed by atoms with E-state index < -0.39 is 5.92 Å². The molecule has 0 saturated carbocycles. The second-order valence-electron chi connectivity index (χ2n) is 9.85. The number of aryl methyl sites for hydroxylation is 1.